The van der Waals surface area contributed by atoms with Crippen LogP contribution in [0.2, 0.25) is 0 Å². The lowest BCUT2D eigenvalue weighted by Crippen LogP contribution is -2.35. The Morgan fingerprint density at radius 1 is 1.47 bits per heavy atom. The standard InChI is InChI=1S/C13H15N3O/c1-2-8-14-13(17)11-9-15-16-12(11)10-6-4-3-5-7-10/h1,3-7,11-12,15-16H,8-9H2,(H,14,17). The second kappa shape index (κ2) is 5.48. The number of carbonyl (C=O) groups excluding carboxylic acids is 1. The third-order valence-electron chi connectivity index (χ3n) is 2.84. The molecular formula is C13H15N3O. The molecule has 0 aromatic heterocycles. The lowest BCUT2D eigenvalue weighted by molar-refractivity contribution is -0.124. The van der Waals surface area contributed by atoms with E-state index in [-0.39, 0.29) is 24.4 Å². The predicted octanol–water partition coefficient (Wildman–Crippen LogP) is 0.201. The van der Waals surface area contributed by atoms with Crippen molar-refractivity contribution in [3.63, 3.8) is 0 Å². The van der Waals surface area contributed by atoms with Crippen LogP contribution in [0.3, 0.4) is 0 Å². The summed E-state index contributed by atoms with van der Waals surface area (Å²) in [6.45, 7) is 0.882. The molecule has 1 aliphatic heterocycles. The molecule has 2 atom stereocenters. The van der Waals surface area contributed by atoms with Crippen LogP contribution < -0.4 is 16.2 Å². The fourth-order valence-corrected chi connectivity index (χ4v) is 1.99. The average Bonchev–Trinajstić information content (AvgIpc) is 2.86. The molecule has 88 valence electrons. The Labute approximate surface area is 101 Å². The highest BCUT2D eigenvalue weighted by Crippen LogP contribution is 2.24. The molecule has 0 saturated carbocycles. The summed E-state index contributed by atoms with van der Waals surface area (Å²) in [4.78, 5) is 11.9. The van der Waals surface area contributed by atoms with Gasteiger partial charge in [0.2, 0.25) is 5.91 Å². The summed E-state index contributed by atoms with van der Waals surface area (Å²) < 4.78 is 0. The summed E-state index contributed by atoms with van der Waals surface area (Å²) in [5.41, 5.74) is 7.23. The van der Waals surface area contributed by atoms with Gasteiger partial charge in [-0.15, -0.1) is 6.42 Å². The quantitative estimate of drug-likeness (QED) is 0.649. The molecule has 1 aromatic carbocycles. The minimum atomic E-state index is -0.134. The van der Waals surface area contributed by atoms with Gasteiger partial charge in [-0.3, -0.25) is 10.2 Å². The zero-order valence-corrected chi connectivity index (χ0v) is 9.44. The summed E-state index contributed by atoms with van der Waals surface area (Å²) in [7, 11) is 0. The zero-order valence-electron chi connectivity index (χ0n) is 9.44. The molecule has 0 aliphatic carbocycles. The molecule has 1 amide bonds. The lowest BCUT2D eigenvalue weighted by atomic mass is 9.94. The number of hydrogen-bond donors (Lipinski definition) is 3. The van der Waals surface area contributed by atoms with Crippen LogP contribution in [0.25, 0.3) is 0 Å². The van der Waals surface area contributed by atoms with E-state index >= 15 is 0 Å². The maximum Gasteiger partial charge on any atom is 0.227 e. The molecule has 2 unspecified atom stereocenters. The molecule has 1 fully saturated rings. The van der Waals surface area contributed by atoms with E-state index in [0.717, 1.165) is 5.56 Å². The van der Waals surface area contributed by atoms with Crippen molar-refractivity contribution in [2.75, 3.05) is 13.1 Å². The largest absolute Gasteiger partial charge is 0.345 e. The van der Waals surface area contributed by atoms with Gasteiger partial charge in [-0.25, -0.2) is 5.43 Å². The number of carbonyl (C=O) groups is 1. The highest BCUT2D eigenvalue weighted by molar-refractivity contribution is 5.80. The average molecular weight is 229 g/mol. The van der Waals surface area contributed by atoms with Crippen LogP contribution in [0.4, 0.5) is 0 Å². The molecule has 0 bridgehead atoms. The molecule has 4 heteroatoms. The Balaban J connectivity index is 2.08. The molecule has 1 aromatic rings. The van der Waals surface area contributed by atoms with E-state index in [1.807, 2.05) is 30.3 Å². The first-order valence-corrected chi connectivity index (χ1v) is 5.57. The topological polar surface area (TPSA) is 53.2 Å². The number of amides is 1. The van der Waals surface area contributed by atoms with Crippen LogP contribution in [-0.4, -0.2) is 19.0 Å². The first-order valence-electron chi connectivity index (χ1n) is 5.57. The summed E-state index contributed by atoms with van der Waals surface area (Å²) >= 11 is 0. The second-order valence-corrected chi connectivity index (χ2v) is 3.94. The van der Waals surface area contributed by atoms with Crippen molar-refractivity contribution in [3.8, 4) is 12.3 Å². The second-order valence-electron chi connectivity index (χ2n) is 3.94. The monoisotopic (exact) mass is 229 g/mol. The van der Waals surface area contributed by atoms with Crippen molar-refractivity contribution in [3.05, 3.63) is 35.9 Å². The van der Waals surface area contributed by atoms with Crippen LogP contribution in [0.5, 0.6) is 0 Å². The molecule has 2 rings (SSSR count). The zero-order chi connectivity index (χ0) is 12.1. The fraction of sp³-hybridized carbons (Fsp3) is 0.308. The van der Waals surface area contributed by atoms with E-state index in [1.165, 1.54) is 0 Å². The lowest BCUT2D eigenvalue weighted by Gasteiger charge is -2.17. The third-order valence-corrected chi connectivity index (χ3v) is 2.84. The van der Waals surface area contributed by atoms with Gasteiger partial charge in [-0.1, -0.05) is 36.3 Å². The summed E-state index contributed by atoms with van der Waals surface area (Å²) in [6, 6.07) is 9.89. The van der Waals surface area contributed by atoms with Crippen molar-refractivity contribution in [2.45, 2.75) is 6.04 Å². The molecule has 1 heterocycles. The Kier molecular flexibility index (Phi) is 3.76. The van der Waals surface area contributed by atoms with Crippen molar-refractivity contribution in [1.82, 2.24) is 16.2 Å². The van der Waals surface area contributed by atoms with Gasteiger partial charge in [0.15, 0.2) is 0 Å². The van der Waals surface area contributed by atoms with Crippen LogP contribution in [0, 0.1) is 18.3 Å². The number of rotatable bonds is 3. The smallest absolute Gasteiger partial charge is 0.227 e. The maximum absolute atomic E-state index is 11.9. The van der Waals surface area contributed by atoms with Crippen LogP contribution >= 0.6 is 0 Å². The SMILES string of the molecule is C#CCNC(=O)C1CNNC1c1ccccc1. The van der Waals surface area contributed by atoms with E-state index in [1.54, 1.807) is 0 Å². The number of nitrogens with one attached hydrogen (secondary N) is 3. The normalized spacial score (nSPS) is 23.0. The van der Waals surface area contributed by atoms with Crippen LogP contribution in [0.15, 0.2) is 30.3 Å². The van der Waals surface area contributed by atoms with Crippen molar-refractivity contribution in [2.24, 2.45) is 5.92 Å². The molecule has 3 N–H and O–H groups in total. The first kappa shape index (κ1) is 11.6. The highest BCUT2D eigenvalue weighted by Gasteiger charge is 2.33. The van der Waals surface area contributed by atoms with E-state index < -0.39 is 0 Å². The summed E-state index contributed by atoms with van der Waals surface area (Å²) in [5.74, 6) is 2.25. The van der Waals surface area contributed by atoms with Gasteiger partial charge < -0.3 is 5.32 Å². The van der Waals surface area contributed by atoms with Crippen molar-refractivity contribution in [1.29, 1.82) is 0 Å². The summed E-state index contributed by atoms with van der Waals surface area (Å²) in [6.07, 6.45) is 5.13. The van der Waals surface area contributed by atoms with E-state index in [0.29, 0.717) is 6.54 Å². The molecule has 4 nitrogen and oxygen atoms in total. The van der Waals surface area contributed by atoms with Gasteiger partial charge in [0.05, 0.1) is 18.5 Å². The van der Waals surface area contributed by atoms with Gasteiger partial charge >= 0.3 is 0 Å². The third kappa shape index (κ3) is 2.64. The fourth-order valence-electron chi connectivity index (χ4n) is 1.99. The number of hydrazine groups is 1. The Morgan fingerprint density at radius 2 is 2.24 bits per heavy atom. The van der Waals surface area contributed by atoms with E-state index in [9.17, 15) is 4.79 Å². The number of hydrogen-bond acceptors (Lipinski definition) is 3. The van der Waals surface area contributed by atoms with Gasteiger partial charge in [-0.05, 0) is 5.56 Å². The Morgan fingerprint density at radius 3 is 2.94 bits per heavy atom. The number of terminal acetylenes is 1. The predicted molar refractivity (Wildman–Crippen MR) is 65.7 cm³/mol. The minimum absolute atomic E-state index is 0.00558. The van der Waals surface area contributed by atoms with Gasteiger partial charge in [0, 0.05) is 6.54 Å². The first-order chi connectivity index (χ1) is 8.33. The molecule has 1 saturated heterocycles. The molecular weight excluding hydrogens is 214 g/mol. The molecule has 0 radical (unpaired) electrons. The van der Waals surface area contributed by atoms with Crippen LogP contribution in [0.1, 0.15) is 11.6 Å². The van der Waals surface area contributed by atoms with E-state index in [2.05, 4.69) is 22.1 Å². The Bertz CT molecular complexity index is 424. The Hall–Kier alpha value is -1.83. The number of benzene rings is 1. The molecule has 17 heavy (non-hydrogen) atoms. The van der Waals surface area contributed by atoms with Gasteiger partial charge in [-0.2, -0.15) is 0 Å². The maximum atomic E-state index is 11.9. The molecule has 0 spiro atoms. The van der Waals surface area contributed by atoms with Gasteiger partial charge in [0.25, 0.3) is 0 Å². The van der Waals surface area contributed by atoms with Crippen molar-refractivity contribution >= 4 is 5.91 Å². The van der Waals surface area contributed by atoms with Gasteiger partial charge in [0.1, 0.15) is 0 Å². The van der Waals surface area contributed by atoms with Crippen molar-refractivity contribution < 1.29 is 4.79 Å². The van der Waals surface area contributed by atoms with E-state index in [4.69, 9.17) is 6.42 Å². The highest BCUT2D eigenvalue weighted by atomic mass is 16.2. The summed E-state index contributed by atoms with van der Waals surface area (Å²) in [5, 5.41) is 2.72. The minimum Gasteiger partial charge on any atom is -0.345 e. The van der Waals surface area contributed by atoms with Crippen LogP contribution in [-0.2, 0) is 4.79 Å². The molecule has 1 aliphatic rings.